The number of nitrogens with one attached hydrogen (secondary N) is 1. The topological polar surface area (TPSA) is 35.6 Å². The van der Waals surface area contributed by atoms with E-state index >= 15 is 0 Å². The maximum absolute atomic E-state index is 12.8. The molecule has 2 unspecified atom stereocenters. The largest absolute Gasteiger partial charge is 0.337 e. The summed E-state index contributed by atoms with van der Waals surface area (Å²) in [7, 11) is 4.18. The molecule has 0 radical (unpaired) electrons. The number of hydrogen-bond acceptors (Lipinski definition) is 3. The zero-order chi connectivity index (χ0) is 13.2. The van der Waals surface area contributed by atoms with Crippen molar-refractivity contribution >= 4 is 5.91 Å². The highest BCUT2D eigenvalue weighted by molar-refractivity contribution is 5.87. The smallest absolute Gasteiger partial charge is 0.243 e. The Morgan fingerprint density at radius 3 is 2.78 bits per heavy atom. The highest BCUT2D eigenvalue weighted by atomic mass is 16.2. The summed E-state index contributed by atoms with van der Waals surface area (Å²) < 4.78 is 0. The first-order chi connectivity index (χ1) is 8.59. The van der Waals surface area contributed by atoms with Crippen molar-refractivity contribution in [2.45, 2.75) is 50.6 Å². The first-order valence-corrected chi connectivity index (χ1v) is 7.30. The summed E-state index contributed by atoms with van der Waals surface area (Å²) in [6, 6.07) is 0.415. The normalized spacial score (nSPS) is 32.4. The molecule has 4 nitrogen and oxygen atoms in total. The minimum absolute atomic E-state index is 0.255. The van der Waals surface area contributed by atoms with Gasteiger partial charge in [-0.25, -0.2) is 0 Å². The van der Waals surface area contributed by atoms with E-state index < -0.39 is 0 Å². The molecule has 18 heavy (non-hydrogen) atoms. The van der Waals surface area contributed by atoms with Crippen LogP contribution in [0.5, 0.6) is 0 Å². The second kappa shape index (κ2) is 5.57. The Morgan fingerprint density at radius 1 is 1.44 bits per heavy atom. The van der Waals surface area contributed by atoms with E-state index in [1.807, 2.05) is 0 Å². The van der Waals surface area contributed by atoms with E-state index in [2.05, 4.69) is 36.1 Å². The summed E-state index contributed by atoms with van der Waals surface area (Å²) in [6.45, 7) is 5.06. The summed E-state index contributed by atoms with van der Waals surface area (Å²) >= 11 is 0. The van der Waals surface area contributed by atoms with Crippen molar-refractivity contribution in [3.63, 3.8) is 0 Å². The molecule has 0 saturated carbocycles. The van der Waals surface area contributed by atoms with Gasteiger partial charge < -0.3 is 15.1 Å². The maximum atomic E-state index is 12.8. The predicted molar refractivity (Wildman–Crippen MR) is 73.5 cm³/mol. The van der Waals surface area contributed by atoms with E-state index in [1.54, 1.807) is 0 Å². The van der Waals surface area contributed by atoms with E-state index in [1.165, 1.54) is 0 Å². The Morgan fingerprint density at radius 2 is 2.22 bits per heavy atom. The van der Waals surface area contributed by atoms with Crippen molar-refractivity contribution in [2.24, 2.45) is 0 Å². The number of hydrogen-bond donors (Lipinski definition) is 1. The van der Waals surface area contributed by atoms with E-state index in [9.17, 15) is 4.79 Å². The molecule has 2 heterocycles. The van der Waals surface area contributed by atoms with Crippen LogP contribution < -0.4 is 5.32 Å². The predicted octanol–water partition coefficient (Wildman–Crippen LogP) is 1.07. The molecule has 2 aliphatic heterocycles. The lowest BCUT2D eigenvalue weighted by Gasteiger charge is -2.35. The zero-order valence-corrected chi connectivity index (χ0v) is 12.0. The van der Waals surface area contributed by atoms with E-state index in [0.717, 1.165) is 51.7 Å². The van der Waals surface area contributed by atoms with E-state index in [-0.39, 0.29) is 5.54 Å². The lowest BCUT2D eigenvalue weighted by molar-refractivity contribution is -0.139. The monoisotopic (exact) mass is 253 g/mol. The summed E-state index contributed by atoms with van der Waals surface area (Å²) in [5.41, 5.74) is -0.255. The number of likely N-dealkylation sites (tertiary alicyclic amines) is 1. The molecular weight excluding hydrogens is 226 g/mol. The van der Waals surface area contributed by atoms with Gasteiger partial charge in [0.25, 0.3) is 0 Å². The molecular formula is C14H27N3O. The average molecular weight is 253 g/mol. The molecule has 2 saturated heterocycles. The Hall–Kier alpha value is -0.610. The van der Waals surface area contributed by atoms with Crippen molar-refractivity contribution in [2.75, 3.05) is 33.7 Å². The van der Waals surface area contributed by atoms with Gasteiger partial charge >= 0.3 is 0 Å². The van der Waals surface area contributed by atoms with Gasteiger partial charge in [-0.2, -0.15) is 0 Å². The molecule has 2 atom stereocenters. The van der Waals surface area contributed by atoms with Gasteiger partial charge in [0.1, 0.15) is 0 Å². The fraction of sp³-hybridized carbons (Fsp3) is 0.929. The summed E-state index contributed by atoms with van der Waals surface area (Å²) in [6.07, 6.45) is 5.37. The van der Waals surface area contributed by atoms with Crippen LogP contribution in [-0.2, 0) is 4.79 Å². The average Bonchev–Trinajstić information content (AvgIpc) is 2.96. The van der Waals surface area contributed by atoms with Gasteiger partial charge in [0.05, 0.1) is 5.54 Å². The Bertz CT molecular complexity index is 297. The summed E-state index contributed by atoms with van der Waals surface area (Å²) in [5.74, 6) is 0.354. The first kappa shape index (κ1) is 13.8. The SMILES string of the molecule is CCC1(C(=O)N2CCCC2CN(C)C)CCCN1. The maximum Gasteiger partial charge on any atom is 0.243 e. The molecule has 104 valence electrons. The molecule has 2 fully saturated rings. The van der Waals surface area contributed by atoms with Crippen LogP contribution in [0.15, 0.2) is 0 Å². The number of likely N-dealkylation sites (N-methyl/N-ethyl adjacent to an activating group) is 1. The van der Waals surface area contributed by atoms with Crippen LogP contribution in [0.4, 0.5) is 0 Å². The standard InChI is InChI=1S/C14H27N3O/c1-4-14(8-6-9-15-14)13(18)17-10-5-7-12(17)11-16(2)3/h12,15H,4-11H2,1-3H3. The third-order valence-corrected chi connectivity index (χ3v) is 4.47. The third kappa shape index (κ3) is 2.54. The number of amides is 1. The second-order valence-corrected chi connectivity index (χ2v) is 6.02. The lowest BCUT2D eigenvalue weighted by Crippen LogP contribution is -2.56. The molecule has 0 bridgehead atoms. The van der Waals surface area contributed by atoms with Crippen molar-refractivity contribution in [1.29, 1.82) is 0 Å². The highest BCUT2D eigenvalue weighted by Gasteiger charge is 2.44. The summed E-state index contributed by atoms with van der Waals surface area (Å²) in [4.78, 5) is 17.2. The number of carbonyl (C=O) groups is 1. The van der Waals surface area contributed by atoms with Gasteiger partial charge in [-0.05, 0) is 52.7 Å². The van der Waals surface area contributed by atoms with Crippen molar-refractivity contribution in [3.8, 4) is 0 Å². The molecule has 1 N–H and O–H groups in total. The second-order valence-electron chi connectivity index (χ2n) is 6.02. The Labute approximate surface area is 111 Å². The van der Waals surface area contributed by atoms with Crippen LogP contribution in [-0.4, -0.2) is 61.0 Å². The van der Waals surface area contributed by atoms with Crippen molar-refractivity contribution in [3.05, 3.63) is 0 Å². The molecule has 2 rings (SSSR count). The van der Waals surface area contributed by atoms with Crippen molar-refractivity contribution < 1.29 is 4.79 Å². The molecule has 0 aromatic rings. The minimum atomic E-state index is -0.255. The van der Waals surface area contributed by atoms with Gasteiger partial charge in [0.2, 0.25) is 5.91 Å². The Balaban J connectivity index is 2.07. The molecule has 0 aromatic carbocycles. The van der Waals surface area contributed by atoms with Crippen molar-refractivity contribution in [1.82, 2.24) is 15.1 Å². The third-order valence-electron chi connectivity index (χ3n) is 4.47. The van der Waals surface area contributed by atoms with E-state index in [0.29, 0.717) is 11.9 Å². The molecule has 0 spiro atoms. The Kier molecular flexibility index (Phi) is 4.28. The van der Waals surface area contributed by atoms with Gasteiger partial charge in [-0.3, -0.25) is 4.79 Å². The zero-order valence-electron chi connectivity index (χ0n) is 12.0. The van der Waals surface area contributed by atoms with Gasteiger partial charge in [0, 0.05) is 19.1 Å². The number of rotatable bonds is 4. The van der Waals surface area contributed by atoms with Gasteiger partial charge in [0.15, 0.2) is 0 Å². The molecule has 0 aliphatic carbocycles. The fourth-order valence-electron chi connectivity index (χ4n) is 3.43. The van der Waals surface area contributed by atoms with Crippen LogP contribution in [0, 0.1) is 0 Å². The first-order valence-electron chi connectivity index (χ1n) is 7.30. The molecule has 0 aromatic heterocycles. The lowest BCUT2D eigenvalue weighted by atomic mass is 9.92. The molecule has 2 aliphatic rings. The highest BCUT2D eigenvalue weighted by Crippen LogP contribution is 2.29. The van der Waals surface area contributed by atoms with Crippen LogP contribution in [0.25, 0.3) is 0 Å². The number of carbonyl (C=O) groups excluding carboxylic acids is 1. The molecule has 1 amide bonds. The van der Waals surface area contributed by atoms with Crippen LogP contribution in [0.3, 0.4) is 0 Å². The van der Waals surface area contributed by atoms with Crippen LogP contribution >= 0.6 is 0 Å². The van der Waals surface area contributed by atoms with E-state index in [4.69, 9.17) is 0 Å². The quantitative estimate of drug-likeness (QED) is 0.814. The van der Waals surface area contributed by atoms with Crippen LogP contribution in [0.2, 0.25) is 0 Å². The van der Waals surface area contributed by atoms with Gasteiger partial charge in [-0.15, -0.1) is 0 Å². The molecule has 4 heteroatoms. The fourth-order valence-corrected chi connectivity index (χ4v) is 3.43. The number of nitrogens with zero attached hydrogens (tertiary/aromatic N) is 2. The summed E-state index contributed by atoms with van der Waals surface area (Å²) in [5, 5.41) is 3.47. The van der Waals surface area contributed by atoms with Gasteiger partial charge in [-0.1, -0.05) is 6.92 Å². The van der Waals surface area contributed by atoms with Crippen LogP contribution in [0.1, 0.15) is 39.0 Å². The minimum Gasteiger partial charge on any atom is -0.337 e.